The maximum absolute atomic E-state index is 13.0. The van der Waals surface area contributed by atoms with Crippen molar-refractivity contribution in [2.45, 2.75) is 45.1 Å². The second-order valence-electron chi connectivity index (χ2n) is 7.60. The van der Waals surface area contributed by atoms with Crippen LogP contribution in [0.1, 0.15) is 37.5 Å². The highest BCUT2D eigenvalue weighted by Crippen LogP contribution is 2.22. The van der Waals surface area contributed by atoms with Crippen molar-refractivity contribution in [1.29, 1.82) is 0 Å². The van der Waals surface area contributed by atoms with E-state index in [1.165, 1.54) is 24.8 Å². The van der Waals surface area contributed by atoms with Crippen LogP contribution in [-0.4, -0.2) is 25.0 Å². The van der Waals surface area contributed by atoms with Gasteiger partial charge in [-0.25, -0.2) is 9.18 Å². The molecule has 0 bridgehead atoms. The molecule has 4 nitrogen and oxygen atoms in total. The van der Waals surface area contributed by atoms with Crippen molar-refractivity contribution in [3.05, 3.63) is 71.0 Å². The molecule has 0 aliphatic rings. The van der Waals surface area contributed by atoms with Crippen LogP contribution in [0.15, 0.2) is 48.5 Å². The van der Waals surface area contributed by atoms with E-state index in [1.54, 1.807) is 12.1 Å². The zero-order valence-corrected chi connectivity index (χ0v) is 16.2. The highest BCUT2D eigenvalue weighted by Gasteiger charge is 2.22. The number of amides is 1. The van der Waals surface area contributed by atoms with Crippen LogP contribution >= 0.6 is 0 Å². The molecule has 2 aromatic carbocycles. The summed E-state index contributed by atoms with van der Waals surface area (Å²) in [5.74, 6) is -1.17. The summed E-state index contributed by atoms with van der Waals surface area (Å²) in [6.07, 6.45) is 0.406. The Morgan fingerprint density at radius 3 is 2.07 bits per heavy atom. The number of rotatable bonds is 6. The van der Waals surface area contributed by atoms with Crippen LogP contribution in [-0.2, 0) is 32.6 Å². The zero-order valence-electron chi connectivity index (χ0n) is 16.2. The molecule has 2 rings (SSSR count). The number of esters is 1. The van der Waals surface area contributed by atoms with E-state index >= 15 is 0 Å². The first-order valence-corrected chi connectivity index (χ1v) is 8.90. The third-order valence-corrected chi connectivity index (χ3v) is 4.36. The van der Waals surface area contributed by atoms with E-state index in [9.17, 15) is 14.0 Å². The van der Waals surface area contributed by atoms with E-state index in [-0.39, 0.29) is 23.6 Å². The molecule has 27 heavy (non-hydrogen) atoms. The Hall–Kier alpha value is -2.69. The molecule has 5 heteroatoms. The number of hydrogen-bond acceptors (Lipinski definition) is 3. The third-order valence-electron chi connectivity index (χ3n) is 4.36. The summed E-state index contributed by atoms with van der Waals surface area (Å²) in [6.45, 7) is 6.40. The zero-order chi connectivity index (χ0) is 20.0. The molecule has 0 spiro atoms. The maximum atomic E-state index is 13.0. The van der Waals surface area contributed by atoms with Crippen molar-refractivity contribution in [2.75, 3.05) is 7.11 Å². The molecule has 0 saturated heterocycles. The van der Waals surface area contributed by atoms with Gasteiger partial charge in [0.25, 0.3) is 0 Å². The Kier molecular flexibility index (Phi) is 6.72. The number of halogens is 1. The minimum atomic E-state index is -0.775. The predicted octanol–water partition coefficient (Wildman–Crippen LogP) is 3.57. The van der Waals surface area contributed by atoms with Gasteiger partial charge >= 0.3 is 5.97 Å². The number of benzene rings is 2. The van der Waals surface area contributed by atoms with Gasteiger partial charge in [0.1, 0.15) is 11.9 Å². The number of carbonyl (C=O) groups is 2. The van der Waals surface area contributed by atoms with Crippen LogP contribution in [0.3, 0.4) is 0 Å². The lowest BCUT2D eigenvalue weighted by molar-refractivity contribution is -0.145. The minimum absolute atomic E-state index is 0.0453. The summed E-state index contributed by atoms with van der Waals surface area (Å²) >= 11 is 0. The quantitative estimate of drug-likeness (QED) is 0.790. The highest BCUT2D eigenvalue weighted by molar-refractivity contribution is 5.85. The van der Waals surface area contributed by atoms with E-state index in [0.29, 0.717) is 12.0 Å². The van der Waals surface area contributed by atoms with Crippen LogP contribution in [0.4, 0.5) is 4.39 Å². The highest BCUT2D eigenvalue weighted by atomic mass is 19.1. The molecule has 144 valence electrons. The second-order valence-corrected chi connectivity index (χ2v) is 7.60. The first kappa shape index (κ1) is 20.6. The van der Waals surface area contributed by atoms with Gasteiger partial charge < -0.3 is 10.1 Å². The number of nitrogens with one attached hydrogen (secondary N) is 1. The van der Waals surface area contributed by atoms with Gasteiger partial charge in [-0.2, -0.15) is 0 Å². The Bertz CT molecular complexity index is 777. The lowest BCUT2D eigenvalue weighted by atomic mass is 9.86. The van der Waals surface area contributed by atoms with Gasteiger partial charge in [0.05, 0.1) is 13.5 Å². The predicted molar refractivity (Wildman–Crippen MR) is 103 cm³/mol. The van der Waals surface area contributed by atoms with E-state index < -0.39 is 12.0 Å². The summed E-state index contributed by atoms with van der Waals surface area (Å²) in [4.78, 5) is 24.4. The number of ether oxygens (including phenoxy) is 1. The molecule has 1 atom stereocenters. The molecule has 0 fully saturated rings. The van der Waals surface area contributed by atoms with Crippen molar-refractivity contribution < 1.29 is 18.7 Å². The van der Waals surface area contributed by atoms with Gasteiger partial charge in [-0.15, -0.1) is 0 Å². The fourth-order valence-electron chi connectivity index (χ4n) is 2.75. The van der Waals surface area contributed by atoms with Gasteiger partial charge in [0.15, 0.2) is 0 Å². The molecule has 0 aromatic heterocycles. The van der Waals surface area contributed by atoms with Crippen LogP contribution in [0.25, 0.3) is 0 Å². The van der Waals surface area contributed by atoms with Crippen molar-refractivity contribution in [2.24, 2.45) is 0 Å². The normalized spacial score (nSPS) is 12.3. The Balaban J connectivity index is 2.05. The number of carbonyl (C=O) groups excluding carboxylic acids is 2. The molecule has 0 heterocycles. The maximum Gasteiger partial charge on any atom is 0.328 e. The average Bonchev–Trinajstić information content (AvgIpc) is 2.62. The largest absolute Gasteiger partial charge is 0.467 e. The van der Waals surface area contributed by atoms with E-state index in [0.717, 1.165) is 5.56 Å². The SMILES string of the molecule is COC(=O)[C@@H](Cc1ccc(C(C)(C)C)cc1)NC(=O)Cc1ccc(F)cc1. The van der Waals surface area contributed by atoms with Gasteiger partial charge in [-0.1, -0.05) is 57.2 Å². The van der Waals surface area contributed by atoms with Crippen LogP contribution in [0.2, 0.25) is 0 Å². The van der Waals surface area contributed by atoms with Crippen molar-refractivity contribution >= 4 is 11.9 Å². The number of hydrogen-bond donors (Lipinski definition) is 1. The molecule has 0 saturated carbocycles. The van der Waals surface area contributed by atoms with E-state index in [4.69, 9.17) is 4.74 Å². The average molecular weight is 371 g/mol. The summed E-state index contributed by atoms with van der Waals surface area (Å²) in [5.41, 5.74) is 2.85. The second kappa shape index (κ2) is 8.80. The fourth-order valence-corrected chi connectivity index (χ4v) is 2.75. The summed E-state index contributed by atoms with van der Waals surface area (Å²) in [6, 6.07) is 12.9. The van der Waals surface area contributed by atoms with Crippen molar-refractivity contribution in [1.82, 2.24) is 5.32 Å². The standard InChI is InChI=1S/C22H26FNO3/c1-22(2,3)17-9-5-15(6-10-17)13-19(21(26)27-4)24-20(25)14-16-7-11-18(23)12-8-16/h5-12,19H,13-14H2,1-4H3,(H,24,25)/t19-/m1/s1. The molecule has 1 amide bonds. The molecule has 0 unspecified atom stereocenters. The third kappa shape index (κ3) is 6.20. The van der Waals surface area contributed by atoms with Crippen molar-refractivity contribution in [3.8, 4) is 0 Å². The van der Waals surface area contributed by atoms with E-state index in [2.05, 4.69) is 26.1 Å². The summed E-state index contributed by atoms with van der Waals surface area (Å²) in [7, 11) is 1.30. The number of methoxy groups -OCH3 is 1. The van der Waals surface area contributed by atoms with Gasteiger partial charge in [0, 0.05) is 6.42 Å². The summed E-state index contributed by atoms with van der Waals surface area (Å²) < 4.78 is 17.8. The van der Waals surface area contributed by atoms with Crippen LogP contribution in [0.5, 0.6) is 0 Å². The van der Waals surface area contributed by atoms with Crippen molar-refractivity contribution in [3.63, 3.8) is 0 Å². The minimum Gasteiger partial charge on any atom is -0.467 e. The van der Waals surface area contributed by atoms with E-state index in [1.807, 2.05) is 24.3 Å². The lowest BCUT2D eigenvalue weighted by Crippen LogP contribution is -2.43. The molecular weight excluding hydrogens is 345 g/mol. The molecule has 0 radical (unpaired) electrons. The molecule has 2 aromatic rings. The molecule has 0 aliphatic carbocycles. The van der Waals surface area contributed by atoms with Crippen LogP contribution < -0.4 is 5.32 Å². The Labute approximate surface area is 159 Å². The smallest absolute Gasteiger partial charge is 0.328 e. The van der Waals surface area contributed by atoms with Gasteiger partial charge in [-0.05, 0) is 34.2 Å². The molecular formula is C22H26FNO3. The van der Waals surface area contributed by atoms with Crippen LogP contribution in [0, 0.1) is 5.82 Å². The topological polar surface area (TPSA) is 55.4 Å². The van der Waals surface area contributed by atoms with Gasteiger partial charge in [-0.3, -0.25) is 4.79 Å². The first-order chi connectivity index (χ1) is 12.7. The molecule has 1 N–H and O–H groups in total. The Morgan fingerprint density at radius 1 is 1.00 bits per heavy atom. The lowest BCUT2D eigenvalue weighted by Gasteiger charge is -2.20. The fraction of sp³-hybridized carbons (Fsp3) is 0.364. The summed E-state index contributed by atoms with van der Waals surface area (Å²) in [5, 5.41) is 2.72. The molecule has 0 aliphatic heterocycles. The Morgan fingerprint density at radius 2 is 1.56 bits per heavy atom. The monoisotopic (exact) mass is 371 g/mol. The van der Waals surface area contributed by atoms with Gasteiger partial charge in [0.2, 0.25) is 5.91 Å². The first-order valence-electron chi connectivity index (χ1n) is 8.90.